The predicted octanol–water partition coefficient (Wildman–Crippen LogP) is 6.99. The third-order valence-corrected chi connectivity index (χ3v) is 13.2. The molecule has 10 rings (SSSR count). The number of amides is 4. The molecule has 1 unspecified atom stereocenters. The first-order chi connectivity index (χ1) is 33.0. The van der Waals surface area contributed by atoms with E-state index in [-0.39, 0.29) is 56.4 Å². The van der Waals surface area contributed by atoms with E-state index in [2.05, 4.69) is 11.0 Å². The molecule has 0 spiro atoms. The van der Waals surface area contributed by atoms with Gasteiger partial charge in [0, 0.05) is 88.3 Å². The Hall–Kier alpha value is -7.88. The number of methoxy groups -OCH3 is 2. The van der Waals surface area contributed by atoms with Crippen molar-refractivity contribution in [1.29, 1.82) is 0 Å². The molecule has 0 aromatic heterocycles. The molecule has 16 nitrogen and oxygen atoms in total. The molecule has 5 aliphatic heterocycles. The van der Waals surface area contributed by atoms with Crippen molar-refractivity contribution in [2.24, 2.45) is 4.99 Å². The molecule has 5 aliphatic rings. The topological polar surface area (TPSA) is 160 Å². The number of benzene rings is 5. The number of likely N-dealkylation sites (N-methyl/N-ethyl adjacent to an activating group) is 1. The number of aliphatic imine (C=N–C) groups is 1. The lowest BCUT2D eigenvalue weighted by Gasteiger charge is -2.25. The minimum Gasteiger partial charge on any atom is -0.493 e. The maximum atomic E-state index is 14.2. The highest BCUT2D eigenvalue weighted by molar-refractivity contribution is 6.15. The van der Waals surface area contributed by atoms with Crippen LogP contribution in [0.1, 0.15) is 68.7 Å². The summed E-state index contributed by atoms with van der Waals surface area (Å²) in [5.74, 6) is -0.321. The van der Waals surface area contributed by atoms with Crippen molar-refractivity contribution in [3.05, 3.63) is 124 Å². The lowest BCUT2D eigenvalue weighted by Crippen LogP contribution is -2.41. The first-order valence-electron chi connectivity index (χ1n) is 22.7. The third-order valence-electron chi connectivity index (χ3n) is 13.2. The van der Waals surface area contributed by atoms with Gasteiger partial charge < -0.3 is 38.5 Å². The molecular formula is C52H50N6O10. The Kier molecular flexibility index (Phi) is 11.7. The fourth-order valence-electron chi connectivity index (χ4n) is 9.77. The van der Waals surface area contributed by atoms with Crippen LogP contribution in [-0.4, -0.2) is 94.4 Å². The number of carbonyl (C=O) groups excluding carboxylic acids is 5. The smallest absolute Gasteiger partial charge is 0.333 e. The highest BCUT2D eigenvalue weighted by Gasteiger charge is 2.40. The minimum absolute atomic E-state index is 0.0194. The largest absolute Gasteiger partial charge is 0.493 e. The van der Waals surface area contributed by atoms with E-state index in [0.717, 1.165) is 51.4 Å². The molecule has 5 aromatic carbocycles. The summed E-state index contributed by atoms with van der Waals surface area (Å²) in [7, 11) is 6.96. The highest BCUT2D eigenvalue weighted by Crippen LogP contribution is 2.44. The van der Waals surface area contributed by atoms with E-state index in [1.807, 2.05) is 96.8 Å². The van der Waals surface area contributed by atoms with Crippen molar-refractivity contribution in [1.82, 2.24) is 5.06 Å². The molecule has 0 aliphatic carbocycles. The number of imide groups is 1. The fraction of sp³-hybridized carbons (Fsp3) is 0.308. The second-order valence-electron chi connectivity index (χ2n) is 17.6. The zero-order valence-electron chi connectivity index (χ0n) is 38.2. The van der Waals surface area contributed by atoms with E-state index >= 15 is 0 Å². The summed E-state index contributed by atoms with van der Waals surface area (Å²) >= 11 is 0. The Morgan fingerprint density at radius 2 is 1.31 bits per heavy atom. The molecule has 5 heterocycles. The van der Waals surface area contributed by atoms with E-state index in [1.165, 1.54) is 7.11 Å². The average molecular weight is 919 g/mol. The monoisotopic (exact) mass is 918 g/mol. The van der Waals surface area contributed by atoms with Crippen molar-refractivity contribution in [3.8, 4) is 23.0 Å². The molecule has 348 valence electrons. The Morgan fingerprint density at radius 1 is 0.706 bits per heavy atom. The van der Waals surface area contributed by atoms with E-state index in [1.54, 1.807) is 30.2 Å². The van der Waals surface area contributed by atoms with Crippen LogP contribution >= 0.6 is 0 Å². The van der Waals surface area contributed by atoms with Gasteiger partial charge in [-0.25, -0.2) is 4.79 Å². The van der Waals surface area contributed by atoms with Crippen LogP contribution in [0.2, 0.25) is 0 Å². The van der Waals surface area contributed by atoms with Gasteiger partial charge in [0.1, 0.15) is 13.2 Å². The number of fused-ring (bicyclic) bond motifs is 8. The zero-order chi connectivity index (χ0) is 47.2. The summed E-state index contributed by atoms with van der Waals surface area (Å²) in [4.78, 5) is 82.5. The van der Waals surface area contributed by atoms with Crippen LogP contribution in [0.5, 0.6) is 23.0 Å². The lowest BCUT2D eigenvalue weighted by molar-refractivity contribution is -0.197. The molecule has 16 heteroatoms. The van der Waals surface area contributed by atoms with Crippen LogP contribution in [0, 0.1) is 0 Å². The maximum Gasteiger partial charge on any atom is 0.333 e. The molecule has 1 saturated heterocycles. The van der Waals surface area contributed by atoms with Crippen LogP contribution < -0.4 is 38.5 Å². The molecule has 4 amide bonds. The van der Waals surface area contributed by atoms with Crippen molar-refractivity contribution in [3.63, 3.8) is 0 Å². The number of hydroxylamine groups is 2. The predicted molar refractivity (Wildman–Crippen MR) is 254 cm³/mol. The van der Waals surface area contributed by atoms with Crippen molar-refractivity contribution in [2.45, 2.75) is 63.8 Å². The first-order valence-corrected chi connectivity index (χ1v) is 22.7. The number of para-hydroxylation sites is 2. The van der Waals surface area contributed by atoms with Crippen LogP contribution in [0.3, 0.4) is 0 Å². The van der Waals surface area contributed by atoms with Gasteiger partial charge in [-0.2, -0.15) is 0 Å². The van der Waals surface area contributed by atoms with Crippen molar-refractivity contribution < 1.29 is 47.8 Å². The number of nitrogens with zero attached hydrogens (tertiary/aromatic N) is 6. The van der Waals surface area contributed by atoms with E-state index in [4.69, 9.17) is 28.8 Å². The quantitative estimate of drug-likeness (QED) is 0.105. The molecular weight excluding hydrogens is 869 g/mol. The van der Waals surface area contributed by atoms with E-state index < -0.39 is 17.8 Å². The molecule has 0 bridgehead atoms. The number of ether oxygens (including phenoxy) is 4. The maximum absolute atomic E-state index is 14.2. The molecule has 5 aromatic rings. The number of hydrogen-bond donors (Lipinski definition) is 0. The Balaban J connectivity index is 0.902. The molecule has 68 heavy (non-hydrogen) atoms. The number of carbonyl (C=O) groups is 5. The molecule has 0 N–H and O–H groups in total. The highest BCUT2D eigenvalue weighted by atomic mass is 16.7. The lowest BCUT2D eigenvalue weighted by atomic mass is 10.1. The van der Waals surface area contributed by atoms with Gasteiger partial charge in [-0.3, -0.25) is 29.1 Å². The third kappa shape index (κ3) is 8.19. The Bertz CT molecular complexity index is 2900. The normalized spacial score (nSPS) is 17.7. The molecule has 0 radical (unpaired) electrons. The Morgan fingerprint density at radius 3 is 1.99 bits per heavy atom. The first kappa shape index (κ1) is 44.0. The van der Waals surface area contributed by atoms with Gasteiger partial charge in [-0.15, -0.1) is 5.06 Å². The van der Waals surface area contributed by atoms with Gasteiger partial charge in [0.2, 0.25) is 0 Å². The fourth-order valence-corrected chi connectivity index (χ4v) is 9.77. The summed E-state index contributed by atoms with van der Waals surface area (Å²) < 4.78 is 24.6. The van der Waals surface area contributed by atoms with Crippen LogP contribution in [0.25, 0.3) is 0 Å². The van der Waals surface area contributed by atoms with Crippen LogP contribution in [0.4, 0.5) is 28.4 Å². The summed E-state index contributed by atoms with van der Waals surface area (Å²) in [6.07, 6.45) is 3.65. The second-order valence-corrected chi connectivity index (χ2v) is 17.6. The average Bonchev–Trinajstić information content (AvgIpc) is 3.97. The Labute approximate surface area is 393 Å². The summed E-state index contributed by atoms with van der Waals surface area (Å²) in [6.45, 7) is 1.28. The number of hydrogen-bond acceptors (Lipinski definition) is 13. The van der Waals surface area contributed by atoms with Crippen molar-refractivity contribution in [2.75, 3.05) is 61.0 Å². The van der Waals surface area contributed by atoms with Gasteiger partial charge in [0.25, 0.3) is 23.6 Å². The van der Waals surface area contributed by atoms with Crippen molar-refractivity contribution >= 4 is 64.2 Å². The molecule has 2 atom stereocenters. The van der Waals surface area contributed by atoms with Crippen LogP contribution in [0.15, 0.2) is 96.0 Å². The standard InChI is InChI=1S/C52H50N6O10/c1-54(17-9-14-50(61)68-58-48(59)15-16-49(58)60)35-19-31(29-66-46-25-40-38(23-44(46)64-3)51(62)56-36(27-53-40)21-33-10-5-7-12-41(33)56)18-32(20-35)30-67-47-26-43-39(24-45(47)65-4)52(63)57-37(28-55(43)2)22-34-11-6-8-13-42(34)57/h5-8,10-13,18-20,23-27,36-37H,9,14-17,21-22,28-30H2,1-4H3/t36?,37-/m0/s1. The number of rotatable bonds is 14. The minimum atomic E-state index is -0.670. The SMILES string of the molecule is COc1cc2c(cc1OCc1cc(COc3cc4c(cc3OC)C(=O)N3c5ccccc5C[C@H]3CN4C)cc(N(C)CCCC(=O)ON3C(=O)CCC3=O)c1)N=CC1Cc3ccccc3N1C2=O. The summed E-state index contributed by atoms with van der Waals surface area (Å²) in [5.41, 5.74) is 8.57. The van der Waals surface area contributed by atoms with Gasteiger partial charge >= 0.3 is 5.97 Å². The van der Waals surface area contributed by atoms with Gasteiger partial charge in [0.15, 0.2) is 23.0 Å². The van der Waals surface area contributed by atoms with E-state index in [9.17, 15) is 24.0 Å². The summed E-state index contributed by atoms with van der Waals surface area (Å²) in [5, 5.41) is 0.560. The van der Waals surface area contributed by atoms with Gasteiger partial charge in [-0.05, 0) is 77.6 Å². The van der Waals surface area contributed by atoms with Gasteiger partial charge in [0.05, 0.1) is 48.8 Å². The molecule has 0 saturated carbocycles. The zero-order valence-corrected chi connectivity index (χ0v) is 38.2. The van der Waals surface area contributed by atoms with Gasteiger partial charge in [-0.1, -0.05) is 36.4 Å². The van der Waals surface area contributed by atoms with E-state index in [0.29, 0.717) is 70.8 Å². The second kappa shape index (κ2) is 18.1. The summed E-state index contributed by atoms with van der Waals surface area (Å²) in [6, 6.07) is 28.6. The van der Waals surface area contributed by atoms with Crippen LogP contribution in [-0.2, 0) is 45.3 Å². The number of anilines is 4. The molecule has 1 fully saturated rings.